The van der Waals surface area contributed by atoms with Gasteiger partial charge in [0.25, 0.3) is 16.4 Å². The van der Waals surface area contributed by atoms with Crippen LogP contribution < -0.4 is 0 Å². The zero-order chi connectivity index (χ0) is 35.0. The van der Waals surface area contributed by atoms with Gasteiger partial charge in [-0.3, -0.25) is 0 Å². The Labute approximate surface area is 277 Å². The number of aromatic nitrogens is 1. The molecule has 1 heterocycles. The third-order valence-corrected chi connectivity index (χ3v) is 9.66. The van der Waals surface area contributed by atoms with Gasteiger partial charge in [-0.15, -0.1) is 0 Å². The van der Waals surface area contributed by atoms with E-state index in [0.29, 0.717) is 0 Å². The molecule has 0 bridgehead atoms. The van der Waals surface area contributed by atoms with E-state index in [9.17, 15) is 31.6 Å². The number of ether oxygens (including phenoxy) is 1. The predicted molar refractivity (Wildman–Crippen MR) is 174 cm³/mol. The van der Waals surface area contributed by atoms with Crippen LogP contribution in [-0.2, 0) is 14.8 Å². The number of carbonyl (C=O) groups excluding carboxylic acids is 1. The highest BCUT2D eigenvalue weighted by molar-refractivity contribution is 7.90. The summed E-state index contributed by atoms with van der Waals surface area (Å²) in [6, 6.07) is 23.5. The van der Waals surface area contributed by atoms with Gasteiger partial charge in [0, 0.05) is 38.8 Å². The maximum absolute atomic E-state index is 15.4. The predicted octanol–water partition coefficient (Wildman–Crippen LogP) is 9.30. The lowest BCUT2D eigenvalue weighted by atomic mass is 9.92. The molecule has 242 valence electrons. The summed E-state index contributed by atoms with van der Waals surface area (Å²) in [5.74, 6) is -2.27. The molecule has 12 heteroatoms. The van der Waals surface area contributed by atoms with Crippen molar-refractivity contribution in [3.8, 4) is 39.6 Å². The minimum absolute atomic E-state index is 0.00246. The topological polar surface area (TPSA) is 93.5 Å². The molecule has 0 aliphatic rings. The third-order valence-electron chi connectivity index (χ3n) is 7.93. The summed E-state index contributed by atoms with van der Waals surface area (Å²) in [7, 11) is -3.51. The zero-order valence-corrected chi connectivity index (χ0v) is 26.1. The quantitative estimate of drug-likeness (QED) is 0.0953. The molecule has 0 N–H and O–H groups in total. The van der Waals surface area contributed by atoms with Crippen LogP contribution in [0.15, 0.2) is 108 Å². The summed E-state index contributed by atoms with van der Waals surface area (Å²) in [5.41, 5.74) is -0.0583. The summed E-state index contributed by atoms with van der Waals surface area (Å²) in [5, 5.41) is 10.2. The number of alkyl halides is 2. The van der Waals surface area contributed by atoms with Gasteiger partial charge in [-0.2, -0.15) is 5.26 Å². The normalized spacial score (nSPS) is 11.3. The van der Waals surface area contributed by atoms with Crippen molar-refractivity contribution in [1.82, 2.24) is 3.97 Å². The Morgan fingerprint density at radius 1 is 0.898 bits per heavy atom. The molecule has 1 aromatic heterocycles. The zero-order valence-electron chi connectivity index (χ0n) is 25.3. The molecule has 0 unspecified atom stereocenters. The van der Waals surface area contributed by atoms with Crippen LogP contribution in [0.5, 0.6) is 0 Å². The van der Waals surface area contributed by atoms with Gasteiger partial charge in [-0.05, 0) is 60.2 Å². The highest BCUT2D eigenvalue weighted by Gasteiger charge is 2.31. The number of benzene rings is 5. The molecular weight excluding hydrogens is 658 g/mol. The molecule has 6 rings (SSSR count). The van der Waals surface area contributed by atoms with Gasteiger partial charge in [-0.1, -0.05) is 48.5 Å². The summed E-state index contributed by atoms with van der Waals surface area (Å²) in [6.45, 7) is 7.86. The van der Waals surface area contributed by atoms with Crippen molar-refractivity contribution in [2.45, 2.75) is 11.3 Å². The summed E-state index contributed by atoms with van der Waals surface area (Å²) < 4.78 is 91.9. The fourth-order valence-corrected chi connectivity index (χ4v) is 7.25. The minimum atomic E-state index is -4.67. The van der Waals surface area contributed by atoms with Crippen molar-refractivity contribution in [2.75, 3.05) is 7.11 Å². The molecule has 0 spiro atoms. The van der Waals surface area contributed by atoms with Crippen molar-refractivity contribution in [3.63, 3.8) is 0 Å². The molecule has 0 saturated heterocycles. The fourth-order valence-electron chi connectivity index (χ4n) is 5.71. The number of nitriles is 1. The average molecular weight is 680 g/mol. The highest BCUT2D eigenvalue weighted by Crippen LogP contribution is 2.48. The Kier molecular flexibility index (Phi) is 8.51. The Morgan fingerprint density at radius 3 is 2.27 bits per heavy atom. The van der Waals surface area contributed by atoms with E-state index in [1.807, 2.05) is 6.07 Å². The SMILES string of the molecule is [C-]#[N+]c1cccc(C#N)c1-c1c(-c2cccc(-c3ccc(C(=O)OC)cc3F)c2)n(S(=O)(=O)c2ccc(C(F)F)cc2)c2ccc(F)cc12. The standard InChI is InChI=1S/C37H21F4N3O4S/c1-43-31-8-4-7-25(20-42)33(31)34-29-19-26(38)12-16-32(29)44(49(46,47)27-13-9-21(10-14-27)36(40)41)35(34)23-6-3-5-22(17-23)28-15-11-24(18-30(28)39)37(45)48-2/h3-19,36H,2H3. The van der Waals surface area contributed by atoms with E-state index in [1.54, 1.807) is 6.07 Å². The van der Waals surface area contributed by atoms with Crippen molar-refractivity contribution < 1.29 is 35.5 Å². The van der Waals surface area contributed by atoms with Crippen molar-refractivity contribution >= 4 is 32.6 Å². The molecule has 0 amide bonds. The minimum Gasteiger partial charge on any atom is -0.465 e. The van der Waals surface area contributed by atoms with Crippen LogP contribution in [0.4, 0.5) is 23.2 Å². The number of esters is 1. The second-order valence-electron chi connectivity index (χ2n) is 10.7. The first-order valence-corrected chi connectivity index (χ1v) is 15.8. The van der Waals surface area contributed by atoms with Crippen LogP contribution in [0.25, 0.3) is 49.3 Å². The van der Waals surface area contributed by atoms with E-state index in [2.05, 4.69) is 9.58 Å². The molecule has 0 aliphatic heterocycles. The van der Waals surface area contributed by atoms with Crippen LogP contribution in [0.2, 0.25) is 0 Å². The Hall–Kier alpha value is -6.24. The Bertz CT molecular complexity index is 2470. The van der Waals surface area contributed by atoms with Crippen LogP contribution in [0.3, 0.4) is 0 Å². The van der Waals surface area contributed by atoms with Gasteiger partial charge in [0.1, 0.15) is 11.6 Å². The van der Waals surface area contributed by atoms with E-state index >= 15 is 4.39 Å². The first kappa shape index (κ1) is 32.7. The lowest BCUT2D eigenvalue weighted by molar-refractivity contribution is 0.0600. The maximum atomic E-state index is 15.4. The molecule has 6 aromatic rings. The Morgan fingerprint density at radius 2 is 1.61 bits per heavy atom. The number of rotatable bonds is 7. The van der Waals surface area contributed by atoms with E-state index in [-0.39, 0.29) is 66.1 Å². The summed E-state index contributed by atoms with van der Waals surface area (Å²) in [4.78, 5) is 15.2. The first-order valence-electron chi connectivity index (χ1n) is 14.4. The van der Waals surface area contributed by atoms with Gasteiger partial charge in [0.2, 0.25) is 0 Å². The summed E-state index contributed by atoms with van der Waals surface area (Å²) >= 11 is 0. The van der Waals surface area contributed by atoms with Gasteiger partial charge in [0.15, 0.2) is 5.69 Å². The van der Waals surface area contributed by atoms with Crippen LogP contribution in [-0.4, -0.2) is 25.5 Å². The molecule has 0 atom stereocenters. The molecule has 0 aliphatic carbocycles. The fraction of sp³-hybridized carbons (Fsp3) is 0.0541. The number of hydrogen-bond donors (Lipinski definition) is 0. The van der Waals surface area contributed by atoms with E-state index in [4.69, 9.17) is 6.57 Å². The van der Waals surface area contributed by atoms with Crippen LogP contribution in [0.1, 0.15) is 27.9 Å². The number of nitrogens with zero attached hydrogens (tertiary/aromatic N) is 3. The molecule has 5 aromatic carbocycles. The van der Waals surface area contributed by atoms with Gasteiger partial charge in [0.05, 0.1) is 41.4 Å². The maximum Gasteiger partial charge on any atom is 0.337 e. The average Bonchev–Trinajstić information content (AvgIpc) is 3.45. The monoisotopic (exact) mass is 679 g/mol. The molecule has 7 nitrogen and oxygen atoms in total. The van der Waals surface area contributed by atoms with E-state index in [0.717, 1.165) is 53.5 Å². The number of halogens is 4. The van der Waals surface area contributed by atoms with E-state index in [1.165, 1.54) is 54.6 Å². The molecule has 49 heavy (non-hydrogen) atoms. The summed E-state index contributed by atoms with van der Waals surface area (Å²) in [6.07, 6.45) is -2.85. The lowest BCUT2D eigenvalue weighted by Crippen LogP contribution is -2.14. The highest BCUT2D eigenvalue weighted by atomic mass is 32.2. The second kappa shape index (κ2) is 12.8. The lowest BCUT2D eigenvalue weighted by Gasteiger charge is -2.16. The number of fused-ring (bicyclic) bond motifs is 1. The first-order chi connectivity index (χ1) is 23.5. The smallest absolute Gasteiger partial charge is 0.337 e. The van der Waals surface area contributed by atoms with Crippen LogP contribution >= 0.6 is 0 Å². The molecule has 0 radical (unpaired) electrons. The van der Waals surface area contributed by atoms with Crippen LogP contribution in [0, 0.1) is 29.5 Å². The van der Waals surface area contributed by atoms with Crippen molar-refractivity contribution in [2.24, 2.45) is 0 Å². The van der Waals surface area contributed by atoms with Crippen molar-refractivity contribution in [3.05, 3.63) is 143 Å². The van der Waals surface area contributed by atoms with Gasteiger partial charge >= 0.3 is 5.97 Å². The molecule has 0 fully saturated rings. The second-order valence-corrected chi connectivity index (χ2v) is 12.5. The van der Waals surface area contributed by atoms with E-state index < -0.39 is 39.6 Å². The molecule has 0 saturated carbocycles. The number of hydrogen-bond acceptors (Lipinski definition) is 5. The van der Waals surface area contributed by atoms with Gasteiger partial charge in [-0.25, -0.2) is 39.6 Å². The Balaban J connectivity index is 1.74. The third kappa shape index (κ3) is 5.69. The number of carbonyl (C=O) groups is 1. The largest absolute Gasteiger partial charge is 0.465 e. The van der Waals surface area contributed by atoms with Crippen molar-refractivity contribution in [1.29, 1.82) is 5.26 Å². The molecular formula is C37H21F4N3O4S. The number of methoxy groups -OCH3 is 1. The van der Waals surface area contributed by atoms with Gasteiger partial charge < -0.3 is 4.74 Å².